The van der Waals surface area contributed by atoms with Gasteiger partial charge in [-0.2, -0.15) is 5.10 Å². The first-order valence-electron chi connectivity index (χ1n) is 5.86. The van der Waals surface area contributed by atoms with E-state index >= 15 is 0 Å². The van der Waals surface area contributed by atoms with Gasteiger partial charge in [-0.25, -0.2) is 13.6 Å². The number of esters is 1. The molecule has 6 nitrogen and oxygen atoms in total. The minimum Gasteiger partial charge on any atom is -0.467 e. The Kier molecular flexibility index (Phi) is 4.27. The molecule has 2 rings (SSSR count). The Hall–Kier alpha value is -2.77. The third-order valence-corrected chi connectivity index (χ3v) is 2.73. The summed E-state index contributed by atoms with van der Waals surface area (Å²) in [6.07, 6.45) is 1.35. The lowest BCUT2D eigenvalue weighted by Gasteiger charge is -2.17. The van der Waals surface area contributed by atoms with Crippen LogP contribution in [0.5, 0.6) is 0 Å². The highest BCUT2D eigenvalue weighted by atomic mass is 19.1. The highest BCUT2D eigenvalue weighted by molar-refractivity contribution is 5.95. The number of methoxy groups -OCH3 is 1. The second-order valence-electron chi connectivity index (χ2n) is 4.07. The summed E-state index contributed by atoms with van der Waals surface area (Å²) in [7, 11) is 1.10. The summed E-state index contributed by atoms with van der Waals surface area (Å²) in [6, 6.07) is 2.65. The molecule has 1 heterocycles. The van der Waals surface area contributed by atoms with E-state index in [2.05, 4.69) is 20.3 Å². The van der Waals surface area contributed by atoms with Gasteiger partial charge in [0, 0.05) is 17.8 Å². The van der Waals surface area contributed by atoms with Crippen molar-refractivity contribution in [3.63, 3.8) is 0 Å². The van der Waals surface area contributed by atoms with Gasteiger partial charge in [0.15, 0.2) is 6.04 Å². The van der Waals surface area contributed by atoms with Crippen LogP contribution in [0, 0.1) is 11.6 Å². The van der Waals surface area contributed by atoms with Gasteiger partial charge in [-0.3, -0.25) is 9.89 Å². The van der Waals surface area contributed by atoms with Crippen LogP contribution >= 0.6 is 0 Å². The molecule has 1 atom stereocenters. The number of nitrogens with one attached hydrogen (secondary N) is 2. The number of hydrogen-bond donors (Lipinski definition) is 2. The van der Waals surface area contributed by atoms with Crippen molar-refractivity contribution in [2.75, 3.05) is 7.11 Å². The van der Waals surface area contributed by atoms with Crippen LogP contribution in [0.3, 0.4) is 0 Å². The van der Waals surface area contributed by atoms with Crippen molar-refractivity contribution in [1.29, 1.82) is 0 Å². The zero-order valence-electron chi connectivity index (χ0n) is 10.9. The molecule has 0 aliphatic rings. The van der Waals surface area contributed by atoms with Crippen LogP contribution in [0.4, 0.5) is 8.78 Å². The van der Waals surface area contributed by atoms with Crippen LogP contribution in [-0.4, -0.2) is 29.2 Å². The standard InChI is InChI=1S/C13H11F2N3O3/c1-21-13(20)11(8-3-2-7(14)6-9(8)15)17-12(19)10-4-5-16-18-10/h2-6,11H,1H3,(H,16,18)(H,17,19)/t11-/m1/s1. The zero-order chi connectivity index (χ0) is 15.4. The monoisotopic (exact) mass is 295 g/mol. The van der Waals surface area contributed by atoms with Gasteiger partial charge in [-0.05, 0) is 12.1 Å². The lowest BCUT2D eigenvalue weighted by Crippen LogP contribution is -2.35. The number of halogens is 2. The van der Waals surface area contributed by atoms with Gasteiger partial charge in [-0.1, -0.05) is 6.07 Å². The minimum atomic E-state index is -1.40. The van der Waals surface area contributed by atoms with Crippen LogP contribution in [0.1, 0.15) is 22.1 Å². The molecule has 21 heavy (non-hydrogen) atoms. The van der Waals surface area contributed by atoms with E-state index in [0.717, 1.165) is 19.2 Å². The minimum absolute atomic E-state index is 0.0893. The number of amides is 1. The van der Waals surface area contributed by atoms with Crippen molar-refractivity contribution < 1.29 is 23.1 Å². The molecule has 0 aliphatic heterocycles. The third-order valence-electron chi connectivity index (χ3n) is 2.73. The molecule has 0 spiro atoms. The summed E-state index contributed by atoms with van der Waals surface area (Å²) in [5.41, 5.74) is -0.109. The Balaban J connectivity index is 2.30. The fraction of sp³-hybridized carbons (Fsp3) is 0.154. The number of aromatic amines is 1. The summed E-state index contributed by atoms with van der Waals surface area (Å²) < 4.78 is 31.2. The highest BCUT2D eigenvalue weighted by Crippen LogP contribution is 2.20. The lowest BCUT2D eigenvalue weighted by atomic mass is 10.1. The van der Waals surface area contributed by atoms with Crippen molar-refractivity contribution in [3.8, 4) is 0 Å². The number of carbonyl (C=O) groups excluding carboxylic acids is 2. The zero-order valence-corrected chi connectivity index (χ0v) is 10.9. The van der Waals surface area contributed by atoms with Gasteiger partial charge in [0.2, 0.25) is 0 Å². The maximum Gasteiger partial charge on any atom is 0.333 e. The van der Waals surface area contributed by atoms with Gasteiger partial charge in [0.25, 0.3) is 5.91 Å². The average Bonchev–Trinajstić information content (AvgIpc) is 2.98. The van der Waals surface area contributed by atoms with Crippen LogP contribution in [-0.2, 0) is 9.53 Å². The molecule has 0 unspecified atom stereocenters. The fourth-order valence-corrected chi connectivity index (χ4v) is 1.71. The molecule has 0 saturated heterocycles. The van der Waals surface area contributed by atoms with Gasteiger partial charge >= 0.3 is 5.97 Å². The van der Waals surface area contributed by atoms with Crippen LogP contribution in [0.2, 0.25) is 0 Å². The molecule has 0 bridgehead atoms. The van der Waals surface area contributed by atoms with Crippen molar-refractivity contribution >= 4 is 11.9 Å². The van der Waals surface area contributed by atoms with E-state index in [0.29, 0.717) is 6.07 Å². The summed E-state index contributed by atoms with van der Waals surface area (Å²) in [4.78, 5) is 23.6. The molecule has 2 aromatic rings. The van der Waals surface area contributed by atoms with E-state index < -0.39 is 29.6 Å². The summed E-state index contributed by atoms with van der Waals surface area (Å²) >= 11 is 0. The molecule has 0 radical (unpaired) electrons. The number of nitrogens with zero attached hydrogens (tertiary/aromatic N) is 1. The normalized spacial score (nSPS) is 11.8. The molecule has 0 saturated carbocycles. The van der Waals surface area contributed by atoms with E-state index in [1.54, 1.807) is 0 Å². The van der Waals surface area contributed by atoms with Crippen molar-refractivity contribution in [2.24, 2.45) is 0 Å². The number of benzene rings is 1. The van der Waals surface area contributed by atoms with Crippen molar-refractivity contribution in [1.82, 2.24) is 15.5 Å². The second-order valence-corrected chi connectivity index (χ2v) is 4.07. The lowest BCUT2D eigenvalue weighted by molar-refractivity contribution is -0.143. The topological polar surface area (TPSA) is 84.1 Å². The quantitative estimate of drug-likeness (QED) is 0.833. The van der Waals surface area contributed by atoms with E-state index in [-0.39, 0.29) is 11.3 Å². The Morgan fingerprint density at radius 1 is 1.33 bits per heavy atom. The Labute approximate surface area is 118 Å². The van der Waals surface area contributed by atoms with Gasteiger partial charge in [-0.15, -0.1) is 0 Å². The number of rotatable bonds is 4. The van der Waals surface area contributed by atoms with E-state index in [4.69, 9.17) is 0 Å². The average molecular weight is 295 g/mol. The first-order chi connectivity index (χ1) is 10.0. The molecule has 2 N–H and O–H groups in total. The Morgan fingerprint density at radius 3 is 2.67 bits per heavy atom. The van der Waals surface area contributed by atoms with Crippen molar-refractivity contribution in [3.05, 3.63) is 53.4 Å². The molecular formula is C13H11F2N3O3. The second kappa shape index (κ2) is 6.12. The first kappa shape index (κ1) is 14.6. The molecule has 1 aromatic carbocycles. The maximum absolute atomic E-state index is 13.8. The number of H-pyrrole nitrogens is 1. The molecule has 110 valence electrons. The van der Waals surface area contributed by atoms with Crippen LogP contribution in [0.25, 0.3) is 0 Å². The smallest absolute Gasteiger partial charge is 0.333 e. The predicted molar refractivity (Wildman–Crippen MR) is 67.2 cm³/mol. The molecule has 0 aliphatic carbocycles. The third kappa shape index (κ3) is 3.22. The molecular weight excluding hydrogens is 284 g/mol. The molecule has 1 aromatic heterocycles. The molecule has 1 amide bonds. The van der Waals surface area contributed by atoms with E-state index in [1.165, 1.54) is 12.3 Å². The largest absolute Gasteiger partial charge is 0.467 e. The van der Waals surface area contributed by atoms with Crippen LogP contribution in [0.15, 0.2) is 30.5 Å². The summed E-state index contributed by atoms with van der Waals surface area (Å²) in [5.74, 6) is -3.31. The number of hydrogen-bond acceptors (Lipinski definition) is 4. The SMILES string of the molecule is COC(=O)[C@H](NC(=O)c1ccn[nH]1)c1ccc(F)cc1F. The van der Waals surface area contributed by atoms with E-state index in [1.807, 2.05) is 0 Å². The van der Waals surface area contributed by atoms with Gasteiger partial charge < -0.3 is 10.1 Å². The predicted octanol–water partition coefficient (Wildman–Crippen LogP) is 1.33. The Bertz CT molecular complexity index is 659. The summed E-state index contributed by atoms with van der Waals surface area (Å²) in [6.45, 7) is 0. The number of ether oxygens (including phenoxy) is 1. The molecule has 0 fully saturated rings. The maximum atomic E-state index is 13.8. The Morgan fingerprint density at radius 2 is 2.10 bits per heavy atom. The number of carbonyl (C=O) groups is 2. The first-order valence-corrected chi connectivity index (χ1v) is 5.86. The van der Waals surface area contributed by atoms with Crippen molar-refractivity contribution in [2.45, 2.75) is 6.04 Å². The number of aromatic nitrogens is 2. The van der Waals surface area contributed by atoms with E-state index in [9.17, 15) is 18.4 Å². The molecule has 8 heteroatoms. The fourth-order valence-electron chi connectivity index (χ4n) is 1.71. The highest BCUT2D eigenvalue weighted by Gasteiger charge is 2.27. The van der Waals surface area contributed by atoms with Gasteiger partial charge in [0.1, 0.15) is 17.3 Å². The summed E-state index contributed by atoms with van der Waals surface area (Å²) in [5, 5.41) is 8.30. The van der Waals surface area contributed by atoms with Crippen LogP contribution < -0.4 is 5.32 Å². The van der Waals surface area contributed by atoms with Gasteiger partial charge in [0.05, 0.1) is 7.11 Å².